The summed E-state index contributed by atoms with van der Waals surface area (Å²) in [6.07, 6.45) is 1.84. The van der Waals surface area contributed by atoms with Crippen molar-refractivity contribution in [2.45, 2.75) is 13.5 Å². The second-order valence-corrected chi connectivity index (χ2v) is 9.86. The van der Waals surface area contributed by atoms with Gasteiger partial charge in [-0.15, -0.1) is 0 Å². The van der Waals surface area contributed by atoms with Gasteiger partial charge in [0.05, 0.1) is 31.3 Å². The summed E-state index contributed by atoms with van der Waals surface area (Å²) in [4.78, 5) is 29.4. The summed E-state index contributed by atoms with van der Waals surface area (Å²) in [6, 6.07) is 17.9. The number of thiazole rings is 1. The maximum Gasteiger partial charge on any atom is 0.335 e. The number of rotatable bonds is 7. The maximum absolute atomic E-state index is 13.1. The Kier molecular flexibility index (Phi) is 6.44. The Morgan fingerprint density at radius 2 is 1.91 bits per heavy atom. The second kappa shape index (κ2) is 9.67. The van der Waals surface area contributed by atoms with Gasteiger partial charge in [-0.1, -0.05) is 35.6 Å². The van der Waals surface area contributed by atoms with Gasteiger partial charge in [-0.05, 0) is 83.1 Å². The van der Waals surface area contributed by atoms with E-state index in [-0.39, 0.29) is 17.7 Å². The molecule has 2 heterocycles. The molecule has 5 aromatic rings. The molecule has 0 saturated carbocycles. The van der Waals surface area contributed by atoms with E-state index >= 15 is 0 Å². The van der Waals surface area contributed by atoms with Gasteiger partial charge in [0.1, 0.15) is 6.61 Å². The van der Waals surface area contributed by atoms with Crippen LogP contribution in [0.25, 0.3) is 22.1 Å². The van der Waals surface area contributed by atoms with Gasteiger partial charge < -0.3 is 14.6 Å². The molecular weight excluding hydrogens is 579 g/mol. The molecule has 0 fully saturated rings. The molecule has 0 atom stereocenters. The number of ether oxygens (including phenoxy) is 2. The van der Waals surface area contributed by atoms with Crippen LogP contribution in [0.3, 0.4) is 0 Å². The van der Waals surface area contributed by atoms with Crippen molar-refractivity contribution in [3.63, 3.8) is 0 Å². The Labute approximate surface area is 217 Å². The molecule has 0 aliphatic heterocycles. The smallest absolute Gasteiger partial charge is 0.335 e. The minimum absolute atomic E-state index is 0.100. The number of fused-ring (bicyclic) bond motifs is 3. The van der Waals surface area contributed by atoms with Crippen molar-refractivity contribution in [2.75, 3.05) is 6.61 Å². The summed E-state index contributed by atoms with van der Waals surface area (Å²) in [5.74, 6) is 0.208. The summed E-state index contributed by atoms with van der Waals surface area (Å²) < 4.78 is 15.0. The lowest BCUT2D eigenvalue weighted by molar-refractivity contribution is 0.0697. The van der Waals surface area contributed by atoms with Crippen LogP contribution in [0, 0.1) is 3.57 Å². The number of imidazole rings is 1. The second-order valence-electron chi connectivity index (χ2n) is 7.69. The molecule has 35 heavy (non-hydrogen) atoms. The van der Waals surface area contributed by atoms with Crippen LogP contribution in [0.1, 0.15) is 28.4 Å². The highest BCUT2D eigenvalue weighted by atomic mass is 127. The minimum Gasteiger partial charge on any atom is -0.490 e. The van der Waals surface area contributed by atoms with Crippen LogP contribution in [0.5, 0.6) is 11.5 Å². The summed E-state index contributed by atoms with van der Waals surface area (Å²) in [5.41, 5.74) is 3.39. The van der Waals surface area contributed by atoms with E-state index in [0.29, 0.717) is 27.6 Å². The van der Waals surface area contributed by atoms with Crippen molar-refractivity contribution >= 4 is 62.0 Å². The van der Waals surface area contributed by atoms with E-state index in [1.54, 1.807) is 28.7 Å². The van der Waals surface area contributed by atoms with Crippen LogP contribution < -0.4 is 19.6 Å². The van der Waals surface area contributed by atoms with Gasteiger partial charge in [-0.2, -0.15) is 0 Å². The third kappa shape index (κ3) is 4.61. The Balaban J connectivity index is 1.48. The zero-order valence-corrected chi connectivity index (χ0v) is 21.5. The number of halogens is 1. The number of benzene rings is 3. The first-order chi connectivity index (χ1) is 16.9. The molecule has 0 aliphatic rings. The molecule has 1 N–H and O–H groups in total. The number of hydrogen-bond donors (Lipinski definition) is 1. The highest BCUT2D eigenvalue weighted by Gasteiger charge is 2.14. The van der Waals surface area contributed by atoms with Crippen LogP contribution in [0.15, 0.2) is 65.5 Å². The van der Waals surface area contributed by atoms with Crippen molar-refractivity contribution < 1.29 is 19.4 Å². The standard InChI is InChI=1S/C26H19IN2O5S/c1-2-33-21-12-16(11-18(27)23(21)34-14-15-7-9-17(10-8-15)25(31)32)13-22-24(30)29-20-6-4-3-5-19(20)28-26(29)35-22/h3-13H,2,14H2,1H3,(H,31,32)/b22-13-. The van der Waals surface area contributed by atoms with Gasteiger partial charge in [0, 0.05) is 0 Å². The number of aromatic carboxylic acids is 1. The van der Waals surface area contributed by atoms with E-state index in [4.69, 9.17) is 14.6 Å². The van der Waals surface area contributed by atoms with Crippen molar-refractivity contribution in [1.82, 2.24) is 9.38 Å². The van der Waals surface area contributed by atoms with Crippen LogP contribution in [-0.2, 0) is 6.61 Å². The molecule has 0 radical (unpaired) electrons. The number of carboxylic acid groups (broad SMARTS) is 1. The predicted molar refractivity (Wildman–Crippen MR) is 144 cm³/mol. The minimum atomic E-state index is -0.967. The monoisotopic (exact) mass is 598 g/mol. The molecule has 5 rings (SSSR count). The molecule has 0 unspecified atom stereocenters. The van der Waals surface area contributed by atoms with Gasteiger partial charge >= 0.3 is 5.97 Å². The first kappa shape index (κ1) is 23.3. The topological polar surface area (TPSA) is 90.1 Å². The highest BCUT2D eigenvalue weighted by molar-refractivity contribution is 14.1. The van der Waals surface area contributed by atoms with E-state index in [0.717, 1.165) is 25.7 Å². The largest absolute Gasteiger partial charge is 0.490 e. The van der Waals surface area contributed by atoms with Gasteiger partial charge in [0.15, 0.2) is 16.5 Å². The van der Waals surface area contributed by atoms with Gasteiger partial charge in [-0.3, -0.25) is 4.79 Å². The fourth-order valence-electron chi connectivity index (χ4n) is 3.74. The number of para-hydroxylation sites is 2. The Bertz CT molecular complexity index is 1670. The van der Waals surface area contributed by atoms with E-state index < -0.39 is 5.97 Å². The number of nitrogens with zero attached hydrogens (tertiary/aromatic N) is 2. The molecule has 0 bridgehead atoms. The zero-order chi connectivity index (χ0) is 24.5. The van der Waals surface area contributed by atoms with Crippen molar-refractivity contribution in [3.8, 4) is 11.5 Å². The SMILES string of the molecule is CCOc1cc(/C=c2\sc3nc4ccccc4n3c2=O)cc(I)c1OCc1ccc(C(=O)O)cc1. The molecule has 9 heteroatoms. The zero-order valence-electron chi connectivity index (χ0n) is 18.5. The third-order valence-corrected chi connectivity index (χ3v) is 7.13. The molecule has 0 spiro atoms. The quantitative estimate of drug-likeness (QED) is 0.273. The number of carbonyl (C=O) groups is 1. The maximum atomic E-state index is 13.1. The fourth-order valence-corrected chi connectivity index (χ4v) is 5.50. The van der Waals surface area contributed by atoms with Crippen LogP contribution >= 0.6 is 33.9 Å². The highest BCUT2D eigenvalue weighted by Crippen LogP contribution is 2.35. The lowest BCUT2D eigenvalue weighted by Gasteiger charge is -2.15. The number of carboxylic acids is 1. The average Bonchev–Trinajstić information content (AvgIpc) is 3.35. The lowest BCUT2D eigenvalue weighted by Crippen LogP contribution is -2.22. The molecule has 7 nitrogen and oxygen atoms in total. The van der Waals surface area contributed by atoms with Crippen LogP contribution in [0.4, 0.5) is 0 Å². The molecule has 0 amide bonds. The van der Waals surface area contributed by atoms with Crippen molar-refractivity contribution in [3.05, 3.63) is 95.8 Å². The van der Waals surface area contributed by atoms with Crippen LogP contribution in [-0.4, -0.2) is 27.1 Å². The first-order valence-corrected chi connectivity index (χ1v) is 12.7. The normalized spacial score (nSPS) is 11.9. The summed E-state index contributed by atoms with van der Waals surface area (Å²) in [7, 11) is 0. The van der Waals surface area contributed by atoms with Gasteiger partial charge in [-0.25, -0.2) is 14.2 Å². The van der Waals surface area contributed by atoms with Gasteiger partial charge in [0.2, 0.25) is 0 Å². The molecule has 0 aliphatic carbocycles. The number of aromatic nitrogens is 2. The Morgan fingerprint density at radius 1 is 1.14 bits per heavy atom. The lowest BCUT2D eigenvalue weighted by atomic mass is 10.1. The van der Waals surface area contributed by atoms with E-state index in [1.807, 2.05) is 49.4 Å². The number of hydrogen-bond acceptors (Lipinski definition) is 6. The summed E-state index contributed by atoms with van der Waals surface area (Å²) >= 11 is 3.54. The van der Waals surface area contributed by atoms with Crippen molar-refractivity contribution in [2.24, 2.45) is 0 Å². The van der Waals surface area contributed by atoms with Crippen molar-refractivity contribution in [1.29, 1.82) is 0 Å². The van der Waals surface area contributed by atoms with E-state index in [1.165, 1.54) is 11.3 Å². The predicted octanol–water partition coefficient (Wildman–Crippen LogP) is 4.74. The van der Waals surface area contributed by atoms with E-state index in [2.05, 4.69) is 27.6 Å². The van der Waals surface area contributed by atoms with Gasteiger partial charge in [0.25, 0.3) is 5.56 Å². The van der Waals surface area contributed by atoms with Crippen LogP contribution in [0.2, 0.25) is 0 Å². The van der Waals surface area contributed by atoms with E-state index in [9.17, 15) is 9.59 Å². The molecule has 176 valence electrons. The Hall–Kier alpha value is -3.44. The summed E-state index contributed by atoms with van der Waals surface area (Å²) in [5, 5.41) is 9.06. The average molecular weight is 598 g/mol. The third-order valence-electron chi connectivity index (χ3n) is 5.36. The molecule has 3 aromatic carbocycles. The molecule has 0 saturated heterocycles. The Morgan fingerprint density at radius 3 is 2.66 bits per heavy atom. The first-order valence-electron chi connectivity index (χ1n) is 10.8. The molecular formula is C26H19IN2O5S. The summed E-state index contributed by atoms with van der Waals surface area (Å²) in [6.45, 7) is 2.61. The fraction of sp³-hybridized carbons (Fsp3) is 0.115. The molecule has 2 aromatic heterocycles.